The van der Waals surface area contributed by atoms with Crippen molar-refractivity contribution < 1.29 is 23.8 Å². The first-order valence-electron chi connectivity index (χ1n) is 6.42. The lowest BCUT2D eigenvalue weighted by Crippen LogP contribution is -2.37. The Morgan fingerprint density at radius 3 is 2.78 bits per heavy atom. The summed E-state index contributed by atoms with van der Waals surface area (Å²) in [7, 11) is 0. The normalized spacial score (nSPS) is 26.9. The van der Waals surface area contributed by atoms with Crippen molar-refractivity contribution in [2.24, 2.45) is 0 Å². The fraction of sp³-hybridized carbons (Fsp3) is 0.692. The molecule has 18 heavy (non-hydrogen) atoms. The fourth-order valence-electron chi connectivity index (χ4n) is 2.58. The highest BCUT2D eigenvalue weighted by molar-refractivity contribution is 6.16. The average Bonchev–Trinajstić information content (AvgIpc) is 2.61. The molecule has 1 fully saturated rings. The predicted octanol–water partition coefficient (Wildman–Crippen LogP) is 1.71. The third kappa shape index (κ3) is 2.03. The Morgan fingerprint density at radius 1 is 1.33 bits per heavy atom. The van der Waals surface area contributed by atoms with E-state index in [0.717, 1.165) is 12.8 Å². The maximum atomic E-state index is 11.9. The van der Waals surface area contributed by atoms with E-state index < -0.39 is 17.7 Å². The van der Waals surface area contributed by atoms with Gasteiger partial charge in [-0.15, -0.1) is 0 Å². The van der Waals surface area contributed by atoms with Gasteiger partial charge in [-0.3, -0.25) is 0 Å². The van der Waals surface area contributed by atoms with Crippen molar-refractivity contribution in [1.82, 2.24) is 0 Å². The summed E-state index contributed by atoms with van der Waals surface area (Å²) in [5, 5.41) is 0. The highest BCUT2D eigenvalue weighted by Gasteiger charge is 2.52. The van der Waals surface area contributed by atoms with Gasteiger partial charge in [0, 0.05) is 18.6 Å². The largest absolute Gasteiger partial charge is 0.462 e. The number of carbonyl (C=O) groups excluding carboxylic acids is 2. The lowest BCUT2D eigenvalue weighted by Gasteiger charge is -2.33. The van der Waals surface area contributed by atoms with E-state index >= 15 is 0 Å². The van der Waals surface area contributed by atoms with Crippen LogP contribution in [0.4, 0.5) is 0 Å². The molecular weight excluding hydrogens is 236 g/mol. The Labute approximate surface area is 106 Å². The molecule has 5 heteroatoms. The second-order valence-electron chi connectivity index (χ2n) is 4.36. The summed E-state index contributed by atoms with van der Waals surface area (Å²) in [5.74, 6) is -2.22. The van der Waals surface area contributed by atoms with E-state index in [2.05, 4.69) is 0 Å². The van der Waals surface area contributed by atoms with Gasteiger partial charge in [0.2, 0.25) is 5.79 Å². The number of ether oxygens (including phenoxy) is 3. The minimum atomic E-state index is -1.01. The van der Waals surface area contributed by atoms with Gasteiger partial charge in [0.05, 0.1) is 6.61 Å². The lowest BCUT2D eigenvalue weighted by atomic mass is 9.87. The number of rotatable bonds is 4. The van der Waals surface area contributed by atoms with Gasteiger partial charge >= 0.3 is 11.9 Å². The number of fused-ring (bicyclic) bond motifs is 1. The Morgan fingerprint density at radius 2 is 2.11 bits per heavy atom. The zero-order valence-electron chi connectivity index (χ0n) is 10.8. The summed E-state index contributed by atoms with van der Waals surface area (Å²) in [6, 6.07) is 0. The van der Waals surface area contributed by atoms with Gasteiger partial charge in [-0.2, -0.15) is 0 Å². The number of hydrogen-bond donors (Lipinski definition) is 0. The summed E-state index contributed by atoms with van der Waals surface area (Å²) < 4.78 is 15.9. The van der Waals surface area contributed by atoms with Crippen LogP contribution in [0.25, 0.3) is 0 Å². The monoisotopic (exact) mass is 254 g/mol. The van der Waals surface area contributed by atoms with Crippen molar-refractivity contribution >= 4 is 11.9 Å². The van der Waals surface area contributed by atoms with Crippen LogP contribution in [-0.4, -0.2) is 30.9 Å². The molecule has 0 aromatic carbocycles. The molecule has 0 spiro atoms. The summed E-state index contributed by atoms with van der Waals surface area (Å²) in [5.41, 5.74) is 0.712. The maximum Gasteiger partial charge on any atom is 0.348 e. The van der Waals surface area contributed by atoms with Gasteiger partial charge in [-0.25, -0.2) is 9.59 Å². The molecule has 0 aromatic heterocycles. The zero-order valence-corrected chi connectivity index (χ0v) is 10.8. The molecule has 1 unspecified atom stereocenters. The highest BCUT2D eigenvalue weighted by atomic mass is 16.7. The molecule has 1 atom stereocenters. The SMILES string of the molecule is CCOC(=O)C1=C2CCCCC2(OCC)OC1=O. The van der Waals surface area contributed by atoms with Crippen molar-refractivity contribution in [3.05, 3.63) is 11.1 Å². The van der Waals surface area contributed by atoms with Crippen molar-refractivity contribution in [2.45, 2.75) is 45.3 Å². The number of carbonyl (C=O) groups is 2. The van der Waals surface area contributed by atoms with Gasteiger partial charge in [0.25, 0.3) is 0 Å². The predicted molar refractivity (Wildman–Crippen MR) is 62.6 cm³/mol. The summed E-state index contributed by atoms with van der Waals surface area (Å²) in [6.45, 7) is 4.23. The standard InChI is InChI=1S/C13H18O5/c1-3-16-11(14)10-9-7-5-6-8-13(9,17-4-2)18-12(10)15/h3-8H2,1-2H3. The molecule has 5 nitrogen and oxygen atoms in total. The molecule has 2 aliphatic rings. The molecule has 0 radical (unpaired) electrons. The quantitative estimate of drug-likeness (QED) is 0.564. The average molecular weight is 254 g/mol. The number of esters is 2. The van der Waals surface area contributed by atoms with Crippen LogP contribution in [0.3, 0.4) is 0 Å². The Bertz CT molecular complexity index is 394. The van der Waals surface area contributed by atoms with E-state index in [-0.39, 0.29) is 12.2 Å². The molecule has 1 saturated carbocycles. The molecule has 0 amide bonds. The second-order valence-corrected chi connectivity index (χ2v) is 4.36. The van der Waals surface area contributed by atoms with Crippen LogP contribution in [0.1, 0.15) is 39.5 Å². The molecule has 0 N–H and O–H groups in total. The van der Waals surface area contributed by atoms with Gasteiger partial charge in [-0.1, -0.05) is 0 Å². The maximum absolute atomic E-state index is 11.9. The molecular formula is C13H18O5. The van der Waals surface area contributed by atoms with Crippen LogP contribution in [0.15, 0.2) is 11.1 Å². The molecule has 100 valence electrons. The van der Waals surface area contributed by atoms with Gasteiger partial charge in [-0.05, 0) is 33.1 Å². The van der Waals surface area contributed by atoms with Crippen molar-refractivity contribution in [1.29, 1.82) is 0 Å². The third-order valence-electron chi connectivity index (χ3n) is 3.26. The Hall–Kier alpha value is -1.36. The highest BCUT2D eigenvalue weighted by Crippen LogP contribution is 2.44. The lowest BCUT2D eigenvalue weighted by molar-refractivity contribution is -0.207. The van der Waals surface area contributed by atoms with Gasteiger partial charge in [0.15, 0.2) is 5.57 Å². The smallest absolute Gasteiger partial charge is 0.348 e. The topological polar surface area (TPSA) is 61.8 Å². The third-order valence-corrected chi connectivity index (χ3v) is 3.26. The van der Waals surface area contributed by atoms with Crippen molar-refractivity contribution in [3.63, 3.8) is 0 Å². The zero-order chi connectivity index (χ0) is 13.2. The first-order valence-corrected chi connectivity index (χ1v) is 6.42. The van der Waals surface area contributed by atoms with Gasteiger partial charge < -0.3 is 14.2 Å². The molecule has 1 heterocycles. The van der Waals surface area contributed by atoms with Crippen LogP contribution in [-0.2, 0) is 23.8 Å². The summed E-state index contributed by atoms with van der Waals surface area (Å²) in [6.07, 6.45) is 3.13. The van der Waals surface area contributed by atoms with E-state index in [1.165, 1.54) is 0 Å². The second kappa shape index (κ2) is 5.10. The van der Waals surface area contributed by atoms with Crippen molar-refractivity contribution in [2.75, 3.05) is 13.2 Å². The van der Waals surface area contributed by atoms with E-state index in [0.29, 0.717) is 25.0 Å². The van der Waals surface area contributed by atoms with E-state index in [1.54, 1.807) is 6.92 Å². The van der Waals surface area contributed by atoms with Crippen LogP contribution in [0, 0.1) is 0 Å². The van der Waals surface area contributed by atoms with E-state index in [1.807, 2.05) is 6.92 Å². The minimum Gasteiger partial charge on any atom is -0.462 e. The fourth-order valence-corrected chi connectivity index (χ4v) is 2.58. The molecule has 1 aliphatic heterocycles. The van der Waals surface area contributed by atoms with E-state index in [4.69, 9.17) is 14.2 Å². The molecule has 1 aliphatic carbocycles. The number of hydrogen-bond acceptors (Lipinski definition) is 5. The molecule has 0 bridgehead atoms. The Kier molecular flexibility index (Phi) is 3.71. The first-order chi connectivity index (χ1) is 8.64. The first kappa shape index (κ1) is 13.1. The summed E-state index contributed by atoms with van der Waals surface area (Å²) >= 11 is 0. The Balaban J connectivity index is 2.37. The molecule has 0 aromatic rings. The van der Waals surface area contributed by atoms with E-state index in [9.17, 15) is 9.59 Å². The molecule has 0 saturated heterocycles. The molecule has 2 rings (SSSR count). The van der Waals surface area contributed by atoms with Gasteiger partial charge in [0.1, 0.15) is 0 Å². The summed E-state index contributed by atoms with van der Waals surface area (Å²) in [4.78, 5) is 23.7. The van der Waals surface area contributed by atoms with Crippen LogP contribution >= 0.6 is 0 Å². The van der Waals surface area contributed by atoms with Crippen LogP contribution < -0.4 is 0 Å². The minimum absolute atomic E-state index is 0.0463. The van der Waals surface area contributed by atoms with Crippen LogP contribution in [0.5, 0.6) is 0 Å². The van der Waals surface area contributed by atoms with Crippen molar-refractivity contribution in [3.8, 4) is 0 Å². The van der Waals surface area contributed by atoms with Crippen LogP contribution in [0.2, 0.25) is 0 Å².